The molecule has 3 atom stereocenters. The second kappa shape index (κ2) is 14.4. The monoisotopic (exact) mass is 744 g/mol. The van der Waals surface area contributed by atoms with Crippen molar-refractivity contribution in [3.8, 4) is 21.7 Å². The zero-order valence-corrected chi connectivity index (χ0v) is 32.4. The second-order valence-corrected chi connectivity index (χ2v) is 18.3. The van der Waals surface area contributed by atoms with E-state index in [0.29, 0.717) is 50.4 Å². The quantitative estimate of drug-likeness (QED) is 0.195. The van der Waals surface area contributed by atoms with Crippen molar-refractivity contribution in [1.29, 1.82) is 0 Å². The molecule has 276 valence electrons. The Morgan fingerprint density at radius 2 is 1.56 bits per heavy atom. The average Bonchev–Trinajstić information content (AvgIpc) is 3.84. The van der Waals surface area contributed by atoms with Crippen LogP contribution in [0.15, 0.2) is 42.7 Å². The summed E-state index contributed by atoms with van der Waals surface area (Å²) in [6.07, 6.45) is 5.97. The molecule has 52 heavy (non-hydrogen) atoms. The summed E-state index contributed by atoms with van der Waals surface area (Å²) >= 11 is 3.14. The van der Waals surface area contributed by atoms with Crippen LogP contribution in [0, 0.1) is 11.8 Å². The van der Waals surface area contributed by atoms with Crippen LogP contribution in [0.5, 0.6) is 0 Å². The van der Waals surface area contributed by atoms with E-state index in [1.807, 2.05) is 58.6 Å². The van der Waals surface area contributed by atoms with Gasteiger partial charge in [-0.05, 0) is 114 Å². The number of pyridine rings is 1. The molecule has 3 aromatic heterocycles. The third kappa shape index (κ3) is 8.26. The minimum atomic E-state index is -0.584. The Morgan fingerprint density at radius 1 is 0.885 bits per heavy atom. The first kappa shape index (κ1) is 36.3. The van der Waals surface area contributed by atoms with Crippen molar-refractivity contribution in [2.75, 3.05) is 31.5 Å². The van der Waals surface area contributed by atoms with E-state index in [0.717, 1.165) is 73.3 Å². The van der Waals surface area contributed by atoms with Gasteiger partial charge in [0.15, 0.2) is 0 Å². The number of likely N-dealkylation sites (tertiary alicyclic amines) is 1. The van der Waals surface area contributed by atoms with Gasteiger partial charge in [0, 0.05) is 61.5 Å². The van der Waals surface area contributed by atoms with Gasteiger partial charge in [-0.2, -0.15) is 0 Å². The van der Waals surface area contributed by atoms with Gasteiger partial charge in [-0.1, -0.05) is 6.07 Å². The summed E-state index contributed by atoms with van der Waals surface area (Å²) in [5.74, 6) is 0.842. The van der Waals surface area contributed by atoms with E-state index in [9.17, 15) is 14.4 Å². The van der Waals surface area contributed by atoms with Crippen LogP contribution in [0.1, 0.15) is 71.2 Å². The summed E-state index contributed by atoms with van der Waals surface area (Å²) in [5, 5.41) is 8.48. The number of ether oxygens (including phenoxy) is 2. The van der Waals surface area contributed by atoms with Crippen LogP contribution in [-0.2, 0) is 27.2 Å². The SMILES string of the molecule is CC(C)(C)OC(=O)N1CCc2c(sc(NC(=O)CCN[C@H]3C[C@@H]4CN(C(=O)OC(C)(C)C)C[C@@H]4C3)c2-c2nc3cc(-c4ccncc4)ccc3s2)C1. The molecule has 0 bridgehead atoms. The summed E-state index contributed by atoms with van der Waals surface area (Å²) in [6.45, 7) is 14.3. The van der Waals surface area contributed by atoms with Gasteiger partial charge in [0.1, 0.15) is 21.2 Å². The van der Waals surface area contributed by atoms with Crippen LogP contribution >= 0.6 is 22.7 Å². The minimum absolute atomic E-state index is 0.0632. The molecular weight excluding hydrogens is 697 g/mol. The smallest absolute Gasteiger partial charge is 0.410 e. The molecule has 1 aromatic carbocycles. The summed E-state index contributed by atoms with van der Waals surface area (Å²) < 4.78 is 12.3. The fraction of sp³-hybridized carbons (Fsp3) is 0.513. The number of benzene rings is 1. The van der Waals surface area contributed by atoms with Crippen LogP contribution in [0.3, 0.4) is 0 Å². The maximum atomic E-state index is 13.5. The zero-order chi connectivity index (χ0) is 36.8. The molecule has 2 N–H and O–H groups in total. The van der Waals surface area contributed by atoms with Gasteiger partial charge >= 0.3 is 12.2 Å². The Bertz CT molecular complexity index is 1950. The van der Waals surface area contributed by atoms with Crippen LogP contribution in [0.2, 0.25) is 0 Å². The van der Waals surface area contributed by atoms with Crippen LogP contribution < -0.4 is 10.6 Å². The summed E-state index contributed by atoms with van der Waals surface area (Å²) in [6, 6.07) is 10.6. The van der Waals surface area contributed by atoms with Gasteiger partial charge in [-0.15, -0.1) is 22.7 Å². The highest BCUT2D eigenvalue weighted by atomic mass is 32.1. The molecule has 0 unspecified atom stereocenters. The Morgan fingerprint density at radius 3 is 2.23 bits per heavy atom. The van der Waals surface area contributed by atoms with Gasteiger partial charge in [-0.25, -0.2) is 14.6 Å². The van der Waals surface area contributed by atoms with E-state index in [2.05, 4.69) is 33.8 Å². The summed E-state index contributed by atoms with van der Waals surface area (Å²) in [5.41, 5.74) is 4.05. The Balaban J connectivity index is 1.04. The molecule has 4 aromatic rings. The average molecular weight is 745 g/mol. The number of hydrogen-bond donors (Lipinski definition) is 2. The number of aromatic nitrogens is 2. The van der Waals surface area contributed by atoms with Crippen molar-refractivity contribution in [3.05, 3.63) is 53.2 Å². The van der Waals surface area contributed by atoms with E-state index in [1.54, 1.807) is 28.6 Å². The number of carbonyl (C=O) groups excluding carboxylic acids is 3. The lowest BCUT2D eigenvalue weighted by atomic mass is 10.0. The van der Waals surface area contributed by atoms with Gasteiger partial charge in [-0.3, -0.25) is 9.78 Å². The Hall–Kier alpha value is -4.07. The maximum absolute atomic E-state index is 13.5. The molecule has 7 rings (SSSR count). The highest BCUT2D eigenvalue weighted by Crippen LogP contribution is 2.46. The van der Waals surface area contributed by atoms with E-state index in [1.165, 1.54) is 11.3 Å². The molecular formula is C39H48N6O5S2. The number of thiophene rings is 1. The lowest BCUT2D eigenvalue weighted by Gasteiger charge is -2.30. The molecule has 5 heterocycles. The lowest BCUT2D eigenvalue weighted by Crippen LogP contribution is -2.39. The first-order valence-corrected chi connectivity index (χ1v) is 19.8. The highest BCUT2D eigenvalue weighted by Gasteiger charge is 2.43. The Labute approximate surface area is 313 Å². The predicted octanol–water partition coefficient (Wildman–Crippen LogP) is 7.94. The van der Waals surface area contributed by atoms with Crippen molar-refractivity contribution in [1.82, 2.24) is 25.1 Å². The van der Waals surface area contributed by atoms with Gasteiger partial charge < -0.3 is 29.9 Å². The zero-order valence-electron chi connectivity index (χ0n) is 30.8. The number of fused-ring (bicyclic) bond motifs is 3. The number of nitrogens with one attached hydrogen (secondary N) is 2. The molecule has 11 nitrogen and oxygen atoms in total. The fourth-order valence-electron chi connectivity index (χ4n) is 7.48. The molecule has 3 aliphatic rings. The normalized spacial score (nSPS) is 20.2. The molecule has 1 saturated heterocycles. The number of anilines is 1. The number of carbonyl (C=O) groups is 3. The van der Waals surface area contributed by atoms with Crippen molar-refractivity contribution in [3.63, 3.8) is 0 Å². The first-order valence-electron chi connectivity index (χ1n) is 18.1. The minimum Gasteiger partial charge on any atom is -0.444 e. The van der Waals surface area contributed by atoms with Crippen molar-refractivity contribution >= 4 is 56.0 Å². The third-order valence-corrected chi connectivity index (χ3v) is 12.0. The number of nitrogens with zero attached hydrogens (tertiary/aromatic N) is 4. The summed E-state index contributed by atoms with van der Waals surface area (Å²) in [4.78, 5) is 53.0. The van der Waals surface area contributed by atoms with Crippen molar-refractivity contribution < 1.29 is 23.9 Å². The van der Waals surface area contributed by atoms with Crippen LogP contribution in [0.4, 0.5) is 14.6 Å². The second-order valence-electron chi connectivity index (χ2n) is 16.1. The molecule has 2 fully saturated rings. The molecule has 0 radical (unpaired) electrons. The molecule has 1 aliphatic carbocycles. The van der Waals surface area contributed by atoms with Crippen LogP contribution in [-0.4, -0.2) is 81.3 Å². The fourth-order valence-corrected chi connectivity index (χ4v) is 9.85. The highest BCUT2D eigenvalue weighted by molar-refractivity contribution is 7.23. The number of hydrogen-bond acceptors (Lipinski definition) is 10. The summed E-state index contributed by atoms with van der Waals surface area (Å²) in [7, 11) is 0. The van der Waals surface area contributed by atoms with Crippen molar-refractivity contribution in [2.24, 2.45) is 11.8 Å². The molecule has 1 saturated carbocycles. The molecule has 3 amide bonds. The Kier molecular flexibility index (Phi) is 10.0. The first-order chi connectivity index (χ1) is 24.7. The number of amides is 3. The standard InChI is InChI=1S/C39H48N6O5S2/c1-38(2,3)49-36(47)44-16-12-28-31(22-44)52-35(33(28)34-42-29-19-24(7-8-30(29)51-34)23-9-13-40-14-10-23)43-32(46)11-15-41-27-17-25-20-45(21-26(25)18-27)37(48)50-39(4,5)6/h7-10,13-14,19,25-27,41H,11-12,15-18,20-22H2,1-6H3,(H,43,46)/t25-,26+,27+. The van der Waals surface area contributed by atoms with Gasteiger partial charge in [0.25, 0.3) is 0 Å². The van der Waals surface area contributed by atoms with E-state index in [-0.39, 0.29) is 18.1 Å². The third-order valence-electron chi connectivity index (χ3n) is 9.76. The number of thiazole rings is 1. The largest absolute Gasteiger partial charge is 0.444 e. The topological polar surface area (TPSA) is 126 Å². The van der Waals surface area contributed by atoms with Crippen LogP contribution in [0.25, 0.3) is 31.9 Å². The van der Waals surface area contributed by atoms with E-state index in [4.69, 9.17) is 14.5 Å². The molecule has 13 heteroatoms. The maximum Gasteiger partial charge on any atom is 0.410 e. The molecule has 0 spiro atoms. The molecule has 2 aliphatic heterocycles. The van der Waals surface area contributed by atoms with Gasteiger partial charge in [0.2, 0.25) is 5.91 Å². The predicted molar refractivity (Wildman–Crippen MR) is 206 cm³/mol. The number of rotatable bonds is 7. The van der Waals surface area contributed by atoms with E-state index >= 15 is 0 Å². The van der Waals surface area contributed by atoms with E-state index < -0.39 is 11.2 Å². The van der Waals surface area contributed by atoms with Gasteiger partial charge in [0.05, 0.1) is 16.8 Å². The van der Waals surface area contributed by atoms with Crippen molar-refractivity contribution in [2.45, 2.75) is 91.0 Å². The lowest BCUT2D eigenvalue weighted by molar-refractivity contribution is -0.116.